The van der Waals surface area contributed by atoms with Gasteiger partial charge in [-0.2, -0.15) is 23.5 Å². The Kier molecular flexibility index (Phi) is 20.0. The van der Waals surface area contributed by atoms with Crippen molar-refractivity contribution in [3.05, 3.63) is 59.5 Å². The second-order valence-corrected chi connectivity index (χ2v) is 16.6. The summed E-state index contributed by atoms with van der Waals surface area (Å²) in [4.78, 5) is 14.4. The number of alkyl halides is 3. The normalized spacial score (nSPS) is 21.2. The number of nitrogens with zero attached hydrogens (tertiary/aromatic N) is 4. The summed E-state index contributed by atoms with van der Waals surface area (Å²) in [5, 5.41) is 35.9. The first kappa shape index (κ1) is 48.5. The van der Waals surface area contributed by atoms with Crippen LogP contribution in [0.5, 0.6) is 0 Å². The van der Waals surface area contributed by atoms with Crippen LogP contribution in [-0.4, -0.2) is 80.5 Å². The fourth-order valence-corrected chi connectivity index (χ4v) is 7.86. The zero-order valence-corrected chi connectivity index (χ0v) is 34.8. The van der Waals surface area contributed by atoms with E-state index in [2.05, 4.69) is 17.0 Å². The van der Waals surface area contributed by atoms with Crippen molar-refractivity contribution in [2.75, 3.05) is 32.2 Å². The number of hydrogen-bond donors (Lipinski definition) is 4. The Hall–Kier alpha value is -3.17. The molecule has 6 atom stereocenters. The van der Waals surface area contributed by atoms with Crippen molar-refractivity contribution in [2.24, 2.45) is 0 Å². The first-order valence-electron chi connectivity index (χ1n) is 20.8. The van der Waals surface area contributed by atoms with Gasteiger partial charge in [0.1, 0.15) is 42.3 Å². The maximum Gasteiger partial charge on any atom is 0.472 e. The van der Waals surface area contributed by atoms with Gasteiger partial charge in [-0.1, -0.05) is 115 Å². The van der Waals surface area contributed by atoms with Crippen molar-refractivity contribution in [1.29, 1.82) is 5.26 Å². The molecule has 330 valence electrons. The average molecular weight is 856 g/mol. The number of rotatable bonds is 29. The molecule has 18 heteroatoms. The van der Waals surface area contributed by atoms with E-state index in [9.17, 15) is 38.1 Å². The van der Waals surface area contributed by atoms with Gasteiger partial charge in [0.05, 0.1) is 37.7 Å². The summed E-state index contributed by atoms with van der Waals surface area (Å²) in [6.45, 7) is 0.953. The van der Waals surface area contributed by atoms with E-state index in [1.54, 1.807) is 0 Å². The first-order chi connectivity index (χ1) is 28.3. The number of unbranched alkanes of at least 4 members (excludes halogenated alkanes) is 15. The molecule has 4 rings (SSSR count). The topological polar surface area (TPSA) is 204 Å². The quantitative estimate of drug-likeness (QED) is 0.0385. The molecule has 0 saturated carbocycles. The molecule has 0 radical (unpaired) electrons. The number of anilines is 1. The van der Waals surface area contributed by atoms with Gasteiger partial charge >= 0.3 is 14.0 Å². The van der Waals surface area contributed by atoms with Crippen LogP contribution in [0.1, 0.15) is 126 Å². The highest BCUT2D eigenvalue weighted by Gasteiger charge is 2.58. The molecule has 1 saturated heterocycles. The summed E-state index contributed by atoms with van der Waals surface area (Å²) in [5.41, 5.74) is 3.46. The van der Waals surface area contributed by atoms with Crippen molar-refractivity contribution in [1.82, 2.24) is 14.6 Å². The number of aromatic nitrogens is 3. The molecule has 3 heterocycles. The third-order valence-corrected chi connectivity index (χ3v) is 11.4. The van der Waals surface area contributed by atoms with Crippen LogP contribution in [0.25, 0.3) is 5.52 Å². The lowest BCUT2D eigenvalue weighted by Crippen LogP contribution is -2.41. The Balaban J connectivity index is 1.21. The monoisotopic (exact) mass is 855 g/mol. The van der Waals surface area contributed by atoms with Gasteiger partial charge in [-0.15, -0.1) is 0 Å². The van der Waals surface area contributed by atoms with Crippen LogP contribution >= 0.6 is 7.82 Å². The number of hydrogen-bond acceptors (Lipinski definition) is 12. The summed E-state index contributed by atoms with van der Waals surface area (Å²) < 4.78 is 81.8. The summed E-state index contributed by atoms with van der Waals surface area (Å²) >= 11 is 0. The molecule has 14 nitrogen and oxygen atoms in total. The molecule has 0 spiro atoms. The van der Waals surface area contributed by atoms with Crippen molar-refractivity contribution in [3.8, 4) is 6.07 Å². The van der Waals surface area contributed by atoms with E-state index in [4.69, 9.17) is 29.0 Å². The molecular weight excluding hydrogens is 794 g/mol. The fraction of sp³-hybridized carbons (Fsp3) is 0.683. The third-order valence-electron chi connectivity index (χ3n) is 10.5. The van der Waals surface area contributed by atoms with Crippen molar-refractivity contribution < 1.29 is 56.1 Å². The molecule has 0 amide bonds. The van der Waals surface area contributed by atoms with Crippen LogP contribution in [0, 0.1) is 11.3 Å². The van der Waals surface area contributed by atoms with Gasteiger partial charge in [-0.25, -0.2) is 14.1 Å². The molecule has 59 heavy (non-hydrogen) atoms. The highest BCUT2D eigenvalue weighted by atomic mass is 31.2. The molecule has 0 aliphatic carbocycles. The Bertz CT molecular complexity index is 1780. The number of benzene rings is 1. The minimum absolute atomic E-state index is 0.0296. The van der Waals surface area contributed by atoms with Gasteiger partial charge in [0.25, 0.3) is 0 Å². The lowest BCUT2D eigenvalue weighted by molar-refractivity contribution is -0.137. The molecule has 1 aliphatic rings. The SMILES string of the molecule is CCCCCCCCCCCCCCCCCCOC[C@H](COP(=O)(O)OC[C@H]1O[C@@](C#N)(c2ccc3c(N)ncnn23)[C@H](O)[C@@H]1O)OCc1cccc(C(F)(F)F)c1. The van der Waals surface area contributed by atoms with Crippen molar-refractivity contribution in [2.45, 2.75) is 152 Å². The number of aliphatic hydroxyl groups is 2. The number of nitrogens with two attached hydrogens (primary N) is 1. The highest BCUT2D eigenvalue weighted by Crippen LogP contribution is 2.46. The van der Waals surface area contributed by atoms with E-state index in [-0.39, 0.29) is 30.3 Å². The lowest BCUT2D eigenvalue weighted by Gasteiger charge is -2.24. The van der Waals surface area contributed by atoms with Gasteiger partial charge in [0, 0.05) is 6.61 Å². The Morgan fingerprint density at radius 2 is 1.58 bits per heavy atom. The average Bonchev–Trinajstić information content (AvgIpc) is 3.76. The Morgan fingerprint density at radius 1 is 0.949 bits per heavy atom. The Labute approximate surface area is 344 Å². The van der Waals surface area contributed by atoms with E-state index in [0.29, 0.717) is 12.1 Å². The second kappa shape index (κ2) is 24.3. The molecule has 1 aromatic carbocycles. The maximum atomic E-state index is 13.3. The van der Waals surface area contributed by atoms with Crippen LogP contribution in [0.2, 0.25) is 0 Å². The molecular formula is C41H61F3N5O9P. The number of nitriles is 1. The van der Waals surface area contributed by atoms with Crippen LogP contribution in [0.4, 0.5) is 19.0 Å². The number of phosphoric ester groups is 1. The summed E-state index contributed by atoms with van der Waals surface area (Å²) in [6, 6.07) is 9.42. The molecule has 1 fully saturated rings. The van der Waals surface area contributed by atoms with E-state index in [0.717, 1.165) is 44.1 Å². The first-order valence-corrected chi connectivity index (χ1v) is 22.3. The molecule has 0 bridgehead atoms. The molecule has 1 aliphatic heterocycles. The predicted octanol–water partition coefficient (Wildman–Crippen LogP) is 8.17. The van der Waals surface area contributed by atoms with Gasteiger partial charge in [-0.05, 0) is 36.2 Å². The third kappa shape index (κ3) is 15.1. The van der Waals surface area contributed by atoms with E-state index >= 15 is 0 Å². The number of phosphoric acid groups is 1. The van der Waals surface area contributed by atoms with Crippen molar-refractivity contribution >= 4 is 19.2 Å². The Morgan fingerprint density at radius 3 is 2.19 bits per heavy atom. The minimum Gasteiger partial charge on any atom is -0.387 e. The number of aliphatic hydroxyl groups excluding tert-OH is 2. The van der Waals surface area contributed by atoms with Gasteiger partial charge in [0.2, 0.25) is 5.60 Å². The standard InChI is InChI=1S/C41H61F3N5O9P/c1-2-3-4-5-6-7-8-9-10-11-12-13-14-15-16-17-23-54-26-33(55-25-31-19-18-20-32(24-31)41(42,43)44)27-56-59(52,53)57-28-35-37(50)38(51)40(29-45,58-35)36-22-21-34-39(46)47-30-48-49(34)36/h18-22,24,30,33,35,37-38,50-51H,2-17,23,25-28H2,1H3,(H,52,53)(H2,46,47,48)/t33-,35-,37-,38-,40+/m1/s1. The smallest absolute Gasteiger partial charge is 0.387 e. The number of ether oxygens (including phenoxy) is 3. The van der Waals surface area contributed by atoms with Gasteiger partial charge in [0.15, 0.2) is 5.82 Å². The van der Waals surface area contributed by atoms with Crippen LogP contribution in [-0.2, 0) is 46.2 Å². The number of nitrogen functional groups attached to an aromatic ring is 1. The second-order valence-electron chi connectivity index (χ2n) is 15.2. The number of fused-ring (bicyclic) bond motifs is 1. The van der Waals surface area contributed by atoms with Gasteiger partial charge in [-0.3, -0.25) is 9.05 Å². The minimum atomic E-state index is -4.89. The van der Waals surface area contributed by atoms with Crippen LogP contribution < -0.4 is 5.73 Å². The zero-order chi connectivity index (χ0) is 42.7. The van der Waals surface area contributed by atoms with Crippen LogP contribution in [0.15, 0.2) is 42.7 Å². The van der Waals surface area contributed by atoms with E-state index in [1.807, 2.05) is 6.07 Å². The maximum absolute atomic E-state index is 13.3. The molecule has 5 N–H and O–H groups in total. The molecule has 3 aromatic rings. The lowest BCUT2D eigenvalue weighted by atomic mass is 9.92. The summed E-state index contributed by atoms with van der Waals surface area (Å²) in [6.07, 6.45) is 10.3. The largest absolute Gasteiger partial charge is 0.472 e. The predicted molar refractivity (Wildman–Crippen MR) is 214 cm³/mol. The van der Waals surface area contributed by atoms with E-state index < -0.39 is 62.8 Å². The number of halogens is 3. The zero-order valence-electron chi connectivity index (χ0n) is 33.9. The van der Waals surface area contributed by atoms with E-state index in [1.165, 1.54) is 106 Å². The summed E-state index contributed by atoms with van der Waals surface area (Å²) in [5.74, 6) is 0.0911. The molecule has 1 unspecified atom stereocenters. The van der Waals surface area contributed by atoms with Crippen LogP contribution in [0.3, 0.4) is 0 Å². The highest BCUT2D eigenvalue weighted by molar-refractivity contribution is 7.47. The molecule has 2 aromatic heterocycles. The van der Waals surface area contributed by atoms with Crippen molar-refractivity contribution in [3.63, 3.8) is 0 Å². The fourth-order valence-electron chi connectivity index (χ4n) is 7.10. The summed E-state index contributed by atoms with van der Waals surface area (Å²) in [7, 11) is -4.89. The van der Waals surface area contributed by atoms with Gasteiger partial charge < -0.3 is 35.1 Å².